The zero-order chi connectivity index (χ0) is 62.6. The van der Waals surface area contributed by atoms with Gasteiger partial charge in [-0.1, -0.05) is 267 Å². The number of hydrogen-bond acceptors (Lipinski definition) is 7. The standard InChI is InChI=1S/C76H124NO8P/c1-6-8-10-12-14-16-18-20-22-24-26-28-30-31-32-33-34-35-36-37-38-39-40-41-42-43-44-45-47-49-51-53-55-57-59-61-63-65-67-69-76(79)85-74(73-84-86(80,81)83-71-70-77(3,4)5)72-82-75(78)68-66-64-62-60-58-56-54-52-50-48-46-29-27-25-23-21-19-17-15-13-11-9-7-2/h8,10,14,16,19-22,25-28,31-32,34-35,37-38,40-41,43-44,46-49,53,55,74H,6-7,9,11-13,15,17-18,23-24,29-30,33,36,39,42,45,50-52,54,56-73H2,1-5H3/p+1/b10-8-,16-14-,21-19-,22-20-,27-25-,28-26-,32-31-,35-34-,38-37-,41-40-,44-43-,48-46-,49-47-,55-53-. The van der Waals surface area contributed by atoms with E-state index in [4.69, 9.17) is 18.5 Å². The molecule has 2 atom stereocenters. The number of rotatable bonds is 60. The minimum Gasteiger partial charge on any atom is -0.462 e. The lowest BCUT2D eigenvalue weighted by atomic mass is 10.1. The van der Waals surface area contributed by atoms with Crippen molar-refractivity contribution in [3.63, 3.8) is 0 Å². The van der Waals surface area contributed by atoms with E-state index in [0.717, 1.165) is 148 Å². The van der Waals surface area contributed by atoms with Gasteiger partial charge in [-0.3, -0.25) is 18.6 Å². The molecule has 0 heterocycles. The molecule has 0 spiro atoms. The molecule has 0 aliphatic carbocycles. The molecule has 0 amide bonds. The molecule has 0 aliphatic heterocycles. The molecule has 86 heavy (non-hydrogen) atoms. The van der Waals surface area contributed by atoms with Crippen molar-refractivity contribution in [3.05, 3.63) is 170 Å². The first-order chi connectivity index (χ1) is 42.0. The fraction of sp³-hybridized carbons (Fsp3) is 0.605. The van der Waals surface area contributed by atoms with E-state index in [1.54, 1.807) is 0 Å². The van der Waals surface area contributed by atoms with Crippen LogP contribution in [0.4, 0.5) is 0 Å². The summed E-state index contributed by atoms with van der Waals surface area (Å²) < 4.78 is 34.6. The maximum absolute atomic E-state index is 12.9. The van der Waals surface area contributed by atoms with Crippen molar-refractivity contribution in [1.82, 2.24) is 0 Å². The van der Waals surface area contributed by atoms with E-state index < -0.39 is 26.5 Å². The molecule has 0 rings (SSSR count). The lowest BCUT2D eigenvalue weighted by Gasteiger charge is -2.24. The molecule has 0 bridgehead atoms. The number of carbonyl (C=O) groups excluding carboxylic acids is 2. The number of quaternary nitrogens is 1. The largest absolute Gasteiger partial charge is 0.472 e. The highest BCUT2D eigenvalue weighted by atomic mass is 31.2. The Morgan fingerprint density at radius 3 is 0.988 bits per heavy atom. The van der Waals surface area contributed by atoms with Gasteiger partial charge in [-0.05, 0) is 135 Å². The van der Waals surface area contributed by atoms with Crippen molar-refractivity contribution in [2.45, 2.75) is 251 Å². The average molecular weight is 1210 g/mol. The van der Waals surface area contributed by atoms with Gasteiger partial charge in [0.25, 0.3) is 0 Å². The van der Waals surface area contributed by atoms with E-state index in [9.17, 15) is 19.0 Å². The number of nitrogens with zero attached hydrogens (tertiary/aromatic N) is 1. The van der Waals surface area contributed by atoms with Crippen LogP contribution in [0.3, 0.4) is 0 Å². The monoisotopic (exact) mass is 1210 g/mol. The van der Waals surface area contributed by atoms with Crippen molar-refractivity contribution < 1.29 is 42.1 Å². The summed E-state index contributed by atoms with van der Waals surface area (Å²) in [5.41, 5.74) is 0. The highest BCUT2D eigenvalue weighted by Gasteiger charge is 2.27. The Kier molecular flexibility index (Phi) is 61.3. The first kappa shape index (κ1) is 81.4. The molecular formula is C76H125NO8P+. The third-order valence-electron chi connectivity index (χ3n) is 13.7. The number of esters is 2. The smallest absolute Gasteiger partial charge is 0.462 e. The SMILES string of the molecule is CC/C=C\C/C=C\C/C=C\C/C=C\C/C=C\C/C=C\C/C=C\C/C=C\C/C=C\C/C=C\C/C=C\CCCCCCCC(=O)OC(COC(=O)CCCCCCCCCC/C=C\C/C=C\C/C=C\CCCCCCC)COP(=O)(O)OCC[N+](C)(C)C. The molecule has 2 unspecified atom stereocenters. The van der Waals surface area contributed by atoms with E-state index >= 15 is 0 Å². The van der Waals surface area contributed by atoms with Gasteiger partial charge in [0.15, 0.2) is 6.10 Å². The van der Waals surface area contributed by atoms with Crippen LogP contribution in [0.5, 0.6) is 0 Å². The normalized spacial score (nSPS) is 14.3. The summed E-state index contributed by atoms with van der Waals surface area (Å²) in [4.78, 5) is 35.8. The Bertz CT molecular complexity index is 2060. The number of ether oxygens (including phenoxy) is 2. The maximum atomic E-state index is 12.9. The summed E-state index contributed by atoms with van der Waals surface area (Å²) >= 11 is 0. The maximum Gasteiger partial charge on any atom is 0.472 e. The fourth-order valence-electron chi connectivity index (χ4n) is 8.56. The van der Waals surface area contributed by atoms with Gasteiger partial charge in [0.05, 0.1) is 27.7 Å². The van der Waals surface area contributed by atoms with Gasteiger partial charge in [-0.2, -0.15) is 0 Å². The predicted octanol–water partition coefficient (Wildman–Crippen LogP) is 22.2. The third-order valence-corrected chi connectivity index (χ3v) is 14.7. The average Bonchev–Trinajstić information content (AvgIpc) is 3.56. The molecule has 0 aliphatic rings. The minimum atomic E-state index is -4.41. The third kappa shape index (κ3) is 68.5. The Morgan fingerprint density at radius 1 is 0.372 bits per heavy atom. The van der Waals surface area contributed by atoms with E-state index in [0.29, 0.717) is 17.4 Å². The van der Waals surface area contributed by atoms with Crippen molar-refractivity contribution in [1.29, 1.82) is 0 Å². The van der Waals surface area contributed by atoms with Crippen molar-refractivity contribution in [3.8, 4) is 0 Å². The van der Waals surface area contributed by atoms with Gasteiger partial charge in [0.2, 0.25) is 0 Å². The van der Waals surface area contributed by atoms with Crippen LogP contribution in [-0.2, 0) is 32.7 Å². The summed E-state index contributed by atoms with van der Waals surface area (Å²) in [6.07, 6.45) is 98.7. The zero-order valence-corrected chi connectivity index (χ0v) is 56.1. The van der Waals surface area contributed by atoms with E-state index in [2.05, 4.69) is 184 Å². The molecule has 1 N–H and O–H groups in total. The highest BCUT2D eigenvalue weighted by molar-refractivity contribution is 7.47. The Hall–Kier alpha value is -4.63. The molecule has 0 radical (unpaired) electrons. The Labute approximate surface area is 528 Å². The lowest BCUT2D eigenvalue weighted by molar-refractivity contribution is -0.870. The van der Waals surface area contributed by atoms with Crippen LogP contribution < -0.4 is 0 Å². The van der Waals surface area contributed by atoms with Crippen LogP contribution in [-0.4, -0.2) is 74.9 Å². The minimum absolute atomic E-state index is 0.0169. The second kappa shape index (κ2) is 64.8. The molecule has 0 aromatic rings. The first-order valence-corrected chi connectivity index (χ1v) is 35.4. The molecular weight excluding hydrogens is 1090 g/mol. The van der Waals surface area contributed by atoms with Crippen molar-refractivity contribution >= 4 is 19.8 Å². The van der Waals surface area contributed by atoms with Crippen LogP contribution in [0.15, 0.2) is 170 Å². The fourth-order valence-corrected chi connectivity index (χ4v) is 9.30. The van der Waals surface area contributed by atoms with E-state index in [1.165, 1.54) is 64.2 Å². The van der Waals surface area contributed by atoms with Crippen molar-refractivity contribution in [2.75, 3.05) is 47.5 Å². The van der Waals surface area contributed by atoms with Gasteiger partial charge < -0.3 is 18.9 Å². The number of phosphoric ester groups is 1. The quantitative estimate of drug-likeness (QED) is 0.0211. The van der Waals surface area contributed by atoms with Crippen molar-refractivity contribution in [2.24, 2.45) is 0 Å². The number of hydrogen-bond donors (Lipinski definition) is 1. The van der Waals surface area contributed by atoms with Gasteiger partial charge in [-0.15, -0.1) is 0 Å². The van der Waals surface area contributed by atoms with Gasteiger partial charge >= 0.3 is 19.8 Å². The molecule has 0 saturated carbocycles. The number of carbonyl (C=O) groups is 2. The number of allylic oxidation sites excluding steroid dienone is 28. The van der Waals surface area contributed by atoms with Gasteiger partial charge in [-0.25, -0.2) is 4.57 Å². The van der Waals surface area contributed by atoms with Crippen LogP contribution in [0.1, 0.15) is 245 Å². The van der Waals surface area contributed by atoms with Crippen LogP contribution in [0, 0.1) is 0 Å². The molecule has 0 aromatic carbocycles. The summed E-state index contributed by atoms with van der Waals surface area (Å²) in [6, 6.07) is 0. The van der Waals surface area contributed by atoms with E-state index in [-0.39, 0.29) is 32.0 Å². The molecule has 0 saturated heterocycles. The summed E-state index contributed by atoms with van der Waals surface area (Å²) in [6.45, 7) is 4.26. The molecule has 486 valence electrons. The topological polar surface area (TPSA) is 108 Å². The van der Waals surface area contributed by atoms with Crippen LogP contribution >= 0.6 is 7.82 Å². The Morgan fingerprint density at radius 2 is 0.663 bits per heavy atom. The second-order valence-corrected chi connectivity index (χ2v) is 24.6. The Balaban J connectivity index is 4.21. The van der Waals surface area contributed by atoms with E-state index in [1.807, 2.05) is 21.1 Å². The molecule has 10 heteroatoms. The predicted molar refractivity (Wildman–Crippen MR) is 371 cm³/mol. The van der Waals surface area contributed by atoms with Gasteiger partial charge in [0.1, 0.15) is 19.8 Å². The molecule has 0 aromatic heterocycles. The van der Waals surface area contributed by atoms with Crippen LogP contribution in [0.2, 0.25) is 0 Å². The molecule has 0 fully saturated rings. The zero-order valence-electron chi connectivity index (χ0n) is 55.2. The lowest BCUT2D eigenvalue weighted by Crippen LogP contribution is -2.37. The van der Waals surface area contributed by atoms with Crippen LogP contribution in [0.25, 0.3) is 0 Å². The molecule has 9 nitrogen and oxygen atoms in total. The summed E-state index contributed by atoms with van der Waals surface area (Å²) in [7, 11) is 1.44. The van der Waals surface area contributed by atoms with Gasteiger partial charge in [0, 0.05) is 12.8 Å². The number of phosphoric acid groups is 1. The number of likely N-dealkylation sites (N-methyl/N-ethyl adjacent to an activating group) is 1. The first-order valence-electron chi connectivity index (χ1n) is 33.9. The second-order valence-electron chi connectivity index (χ2n) is 23.1. The summed E-state index contributed by atoms with van der Waals surface area (Å²) in [5, 5.41) is 0. The highest BCUT2D eigenvalue weighted by Crippen LogP contribution is 2.43. The summed E-state index contributed by atoms with van der Waals surface area (Å²) in [5.74, 6) is -0.839. The number of unbranched alkanes of at least 4 members (excludes halogenated alkanes) is 18.